The lowest BCUT2D eigenvalue weighted by atomic mass is 9.83. The van der Waals surface area contributed by atoms with Crippen LogP contribution in [0.25, 0.3) is 22.3 Å². The third-order valence-electron chi connectivity index (χ3n) is 7.64. The van der Waals surface area contributed by atoms with Gasteiger partial charge >= 0.3 is 0 Å². The van der Waals surface area contributed by atoms with Crippen LogP contribution in [0.5, 0.6) is 11.5 Å². The Bertz CT molecular complexity index is 1840. The Hall–Kier alpha value is -6.82. The first kappa shape index (κ1) is 35.7. The van der Waals surface area contributed by atoms with E-state index in [4.69, 9.17) is 9.47 Å². The van der Waals surface area contributed by atoms with E-state index in [1.54, 1.807) is 0 Å². The van der Waals surface area contributed by atoms with Crippen molar-refractivity contribution in [2.24, 2.45) is 0 Å². The van der Waals surface area contributed by atoms with Gasteiger partial charge in [0.15, 0.2) is 0 Å². The third kappa shape index (κ3) is 7.51. The van der Waals surface area contributed by atoms with Gasteiger partial charge in [-0.05, 0) is 37.1 Å². The van der Waals surface area contributed by atoms with Gasteiger partial charge in [0.05, 0.1) is 83.0 Å². The lowest BCUT2D eigenvalue weighted by molar-refractivity contribution is 0.297. The van der Waals surface area contributed by atoms with Crippen molar-refractivity contribution in [1.29, 1.82) is 42.1 Å². The first-order valence-electron chi connectivity index (χ1n) is 15.5. The van der Waals surface area contributed by atoms with Crippen molar-refractivity contribution in [3.05, 3.63) is 68.8 Å². The number of unbranched alkanes of at least 4 members (excludes halogenated alkanes) is 6. The van der Waals surface area contributed by atoms with Crippen molar-refractivity contribution in [3.63, 3.8) is 0 Å². The predicted molar refractivity (Wildman–Crippen MR) is 174 cm³/mol. The Kier molecular flexibility index (Phi) is 13.1. The molecule has 0 radical (unpaired) electrons. The van der Waals surface area contributed by atoms with Gasteiger partial charge in [0.2, 0.25) is 0 Å². The Labute approximate surface area is 280 Å². The van der Waals surface area contributed by atoms with Gasteiger partial charge in [0.1, 0.15) is 34.8 Å². The molecule has 0 N–H and O–H groups in total. The molecule has 0 saturated heterocycles. The maximum Gasteiger partial charge on any atom is 0.147 e. The van der Waals surface area contributed by atoms with Crippen LogP contribution in [-0.2, 0) is 0 Å². The maximum atomic E-state index is 10.8. The summed E-state index contributed by atoms with van der Waals surface area (Å²) in [4.78, 5) is 0. The van der Waals surface area contributed by atoms with Crippen molar-refractivity contribution in [2.75, 3.05) is 13.2 Å². The van der Waals surface area contributed by atoms with Crippen molar-refractivity contribution in [3.8, 4) is 82.3 Å². The molecule has 0 fully saturated rings. The summed E-state index contributed by atoms with van der Waals surface area (Å²) in [7, 11) is 0. The average molecular weight is 631 g/mol. The SMILES string of the molecule is CCCCCCOc1c(C#N)c(-c2c(C#N)cc(C#N)cc2C#N)c(OCCCCCC)c(C#N)c1-c1c(C#N)cc(C#N)cc1C#N. The molecule has 0 aliphatic carbocycles. The summed E-state index contributed by atoms with van der Waals surface area (Å²) >= 11 is 0. The van der Waals surface area contributed by atoms with Crippen molar-refractivity contribution < 1.29 is 9.47 Å². The van der Waals surface area contributed by atoms with Crippen LogP contribution in [0.4, 0.5) is 0 Å². The number of nitriles is 8. The fourth-order valence-electron chi connectivity index (χ4n) is 5.39. The Balaban J connectivity index is 2.65. The van der Waals surface area contributed by atoms with Crippen LogP contribution >= 0.6 is 0 Å². The molecule has 0 aromatic heterocycles. The zero-order valence-electron chi connectivity index (χ0n) is 26.8. The van der Waals surface area contributed by atoms with Gasteiger partial charge in [-0.3, -0.25) is 0 Å². The molecule has 3 rings (SSSR count). The Morgan fingerprint density at radius 3 is 1.00 bits per heavy atom. The monoisotopic (exact) mass is 630 g/mol. The number of ether oxygens (including phenoxy) is 2. The Morgan fingerprint density at radius 1 is 0.417 bits per heavy atom. The van der Waals surface area contributed by atoms with E-state index >= 15 is 0 Å². The molecule has 0 atom stereocenters. The minimum atomic E-state index is -0.183. The van der Waals surface area contributed by atoms with Crippen LogP contribution in [0.15, 0.2) is 24.3 Å². The molecule has 0 amide bonds. The van der Waals surface area contributed by atoms with Gasteiger partial charge in [0, 0.05) is 22.3 Å². The van der Waals surface area contributed by atoms with Crippen LogP contribution in [0.1, 0.15) is 110 Å². The van der Waals surface area contributed by atoms with Gasteiger partial charge in [0.25, 0.3) is 0 Å². The molecule has 10 heteroatoms. The number of nitrogens with zero attached hydrogens (tertiary/aromatic N) is 8. The van der Waals surface area contributed by atoms with Crippen molar-refractivity contribution >= 4 is 0 Å². The fourth-order valence-corrected chi connectivity index (χ4v) is 5.39. The molecular weight excluding hydrogens is 600 g/mol. The molecule has 48 heavy (non-hydrogen) atoms. The maximum absolute atomic E-state index is 10.8. The number of benzene rings is 3. The van der Waals surface area contributed by atoms with Crippen molar-refractivity contribution in [1.82, 2.24) is 0 Å². The lowest BCUT2D eigenvalue weighted by Gasteiger charge is -2.24. The first-order valence-corrected chi connectivity index (χ1v) is 15.5. The highest BCUT2D eigenvalue weighted by atomic mass is 16.5. The summed E-state index contributed by atoms with van der Waals surface area (Å²) in [6.07, 6.45) is 6.54. The number of rotatable bonds is 14. The summed E-state index contributed by atoms with van der Waals surface area (Å²) in [5.74, 6) is -0.262. The molecule has 0 aliphatic heterocycles. The molecule has 0 spiro atoms. The lowest BCUT2D eigenvalue weighted by Crippen LogP contribution is -2.10. The molecule has 0 aliphatic rings. The number of hydrogen-bond acceptors (Lipinski definition) is 10. The second-order valence-electron chi connectivity index (χ2n) is 10.8. The summed E-state index contributed by atoms with van der Waals surface area (Å²) in [6.45, 7) is 4.31. The predicted octanol–water partition coefficient (Wildman–Crippen LogP) is 7.91. The average Bonchev–Trinajstić information content (AvgIpc) is 3.12. The zero-order valence-corrected chi connectivity index (χ0v) is 26.8. The van der Waals surface area contributed by atoms with E-state index in [1.165, 1.54) is 24.3 Å². The van der Waals surface area contributed by atoms with E-state index in [-0.39, 0.29) is 91.5 Å². The number of hydrogen-bond donors (Lipinski definition) is 0. The van der Waals surface area contributed by atoms with E-state index in [2.05, 4.69) is 12.1 Å². The van der Waals surface area contributed by atoms with Gasteiger partial charge in [-0.2, -0.15) is 42.1 Å². The van der Waals surface area contributed by atoms with Gasteiger partial charge in [-0.15, -0.1) is 0 Å². The molecule has 0 heterocycles. The van der Waals surface area contributed by atoms with Crippen molar-refractivity contribution in [2.45, 2.75) is 65.2 Å². The van der Waals surface area contributed by atoms with Crippen LogP contribution in [0.3, 0.4) is 0 Å². The van der Waals surface area contributed by atoms with Crippen LogP contribution in [0.2, 0.25) is 0 Å². The van der Waals surface area contributed by atoms with Gasteiger partial charge < -0.3 is 9.47 Å². The minimum Gasteiger partial charge on any atom is -0.491 e. The van der Waals surface area contributed by atoms with Crippen LogP contribution in [0, 0.1) is 90.6 Å². The standard InChI is InChI=1S/C38H30N8O2/c1-3-5-7-9-11-47-37-31(23-45)36(34-29(21-43)15-26(18-40)16-30(34)22-44)38(48-12-10-8-6-4-2)32(24-46)35(37)33-27(19-41)13-25(17-39)14-28(33)20-42/h13-16H,3-12H2,1-2H3. The highest BCUT2D eigenvalue weighted by molar-refractivity contribution is 5.97. The molecule has 3 aromatic carbocycles. The summed E-state index contributed by atoms with van der Waals surface area (Å²) in [5, 5.41) is 81.6. The van der Waals surface area contributed by atoms with E-state index in [0.717, 1.165) is 38.5 Å². The van der Waals surface area contributed by atoms with Gasteiger partial charge in [-0.1, -0.05) is 52.4 Å². The zero-order chi connectivity index (χ0) is 35.1. The molecular formula is C38H30N8O2. The molecule has 10 nitrogen and oxygen atoms in total. The Morgan fingerprint density at radius 2 is 0.750 bits per heavy atom. The molecule has 0 unspecified atom stereocenters. The smallest absolute Gasteiger partial charge is 0.147 e. The third-order valence-corrected chi connectivity index (χ3v) is 7.64. The van der Waals surface area contributed by atoms with Crippen LogP contribution in [-0.4, -0.2) is 13.2 Å². The topological polar surface area (TPSA) is 209 Å². The highest BCUT2D eigenvalue weighted by Gasteiger charge is 2.33. The molecule has 234 valence electrons. The summed E-state index contributed by atoms with van der Waals surface area (Å²) in [6, 6.07) is 21.4. The van der Waals surface area contributed by atoms with E-state index in [9.17, 15) is 42.1 Å². The fraction of sp³-hybridized carbons (Fsp3) is 0.316. The summed E-state index contributed by atoms with van der Waals surface area (Å²) < 4.78 is 12.6. The highest BCUT2D eigenvalue weighted by Crippen LogP contribution is 2.51. The largest absolute Gasteiger partial charge is 0.491 e. The van der Waals surface area contributed by atoms with E-state index in [1.807, 2.05) is 50.3 Å². The normalized spacial score (nSPS) is 9.71. The molecule has 0 saturated carbocycles. The second-order valence-corrected chi connectivity index (χ2v) is 10.8. The second kappa shape index (κ2) is 17.6. The van der Waals surface area contributed by atoms with Gasteiger partial charge in [-0.25, -0.2) is 0 Å². The van der Waals surface area contributed by atoms with E-state index in [0.29, 0.717) is 12.8 Å². The molecule has 0 bridgehead atoms. The minimum absolute atomic E-state index is 0.0150. The van der Waals surface area contributed by atoms with E-state index < -0.39 is 0 Å². The quantitative estimate of drug-likeness (QED) is 0.157. The molecule has 3 aromatic rings. The van der Waals surface area contributed by atoms with Crippen LogP contribution < -0.4 is 9.47 Å². The first-order chi connectivity index (χ1) is 23.4. The summed E-state index contributed by atoms with van der Waals surface area (Å²) in [5.41, 5.74) is -0.781.